The van der Waals surface area contributed by atoms with Crippen LogP contribution in [0.1, 0.15) is 0 Å². The molecule has 0 radical (unpaired) electrons. The van der Waals surface area contributed by atoms with Gasteiger partial charge in [-0.15, -0.1) is 22.7 Å². The summed E-state index contributed by atoms with van der Waals surface area (Å²) in [6.07, 6.45) is 0. The Hall–Kier alpha value is -6.20. The number of para-hydroxylation sites is 3. The number of nitrogens with zero attached hydrogens (tertiary/aromatic N) is 2. The van der Waals surface area contributed by atoms with Gasteiger partial charge in [0, 0.05) is 79.3 Å². The molecule has 0 atom stereocenters. The number of fused-ring (bicyclic) bond motifs is 9. The van der Waals surface area contributed by atoms with E-state index < -0.39 is 0 Å². The molecule has 8 aromatic carbocycles. The topological polar surface area (TPSA) is 8.17 Å². The normalized spacial score (nSPS) is 11.8. The second-order valence-corrected chi connectivity index (χ2v) is 15.4. The number of rotatable bonds is 5. The average Bonchev–Trinajstić information content (AvgIpc) is 3.88. The summed E-state index contributed by atoms with van der Waals surface area (Å²) in [6.45, 7) is 0. The maximum absolute atomic E-state index is 2.47. The van der Waals surface area contributed by atoms with Crippen molar-refractivity contribution >= 4 is 102 Å². The second kappa shape index (κ2) is 11.7. The molecule has 0 aliphatic carbocycles. The van der Waals surface area contributed by atoms with Gasteiger partial charge in [-0.3, -0.25) is 0 Å². The zero-order valence-corrected chi connectivity index (χ0v) is 29.7. The van der Waals surface area contributed by atoms with Crippen molar-refractivity contribution in [2.45, 2.75) is 0 Å². The van der Waals surface area contributed by atoms with Gasteiger partial charge in [-0.25, -0.2) is 0 Å². The Morgan fingerprint density at radius 1 is 0.365 bits per heavy atom. The number of aromatic nitrogens is 1. The van der Waals surface area contributed by atoms with Crippen molar-refractivity contribution < 1.29 is 0 Å². The van der Waals surface area contributed by atoms with Crippen LogP contribution in [0.3, 0.4) is 0 Å². The fraction of sp³-hybridized carbons (Fsp3) is 0. The molecule has 0 aliphatic heterocycles. The number of anilines is 3. The Labute approximate surface area is 308 Å². The standard InChI is InChI=1S/C48H30N2S2/c1-2-13-31(14-3-1)50-43-22-9-4-15-34(43)36-27-25-32(29-44(36)50)49(33-26-28-39-37-17-6-10-23-45(37)51-47(39)30-33)42-21-8-5-16-35(42)40-19-12-20-41-38-18-7-11-24-46(38)52-48(40)41/h1-30H. The molecule has 0 unspecified atom stereocenters. The van der Waals surface area contributed by atoms with Gasteiger partial charge in [0.1, 0.15) is 0 Å². The first kappa shape index (κ1) is 29.5. The van der Waals surface area contributed by atoms with E-state index in [-0.39, 0.29) is 0 Å². The average molecular weight is 699 g/mol. The monoisotopic (exact) mass is 698 g/mol. The highest BCUT2D eigenvalue weighted by atomic mass is 32.1. The Balaban J connectivity index is 1.20. The van der Waals surface area contributed by atoms with Gasteiger partial charge in [0.15, 0.2) is 0 Å². The van der Waals surface area contributed by atoms with Crippen molar-refractivity contribution in [3.8, 4) is 16.8 Å². The SMILES string of the molecule is c1ccc(-n2c3ccccc3c3ccc(N(c4ccc5c(c4)sc4ccccc45)c4ccccc4-c4cccc5c4sc4ccccc45)cc32)cc1. The minimum atomic E-state index is 1.11. The first-order valence-electron chi connectivity index (χ1n) is 17.6. The van der Waals surface area contributed by atoms with Crippen molar-refractivity contribution in [2.24, 2.45) is 0 Å². The minimum absolute atomic E-state index is 1.11. The lowest BCUT2D eigenvalue weighted by atomic mass is 9.99. The van der Waals surface area contributed by atoms with E-state index >= 15 is 0 Å². The van der Waals surface area contributed by atoms with Crippen LogP contribution in [0.25, 0.3) is 79.0 Å². The predicted octanol–water partition coefficient (Wildman–Crippen LogP) is 14.7. The molecule has 11 rings (SSSR count). The van der Waals surface area contributed by atoms with Crippen molar-refractivity contribution in [1.29, 1.82) is 0 Å². The Kier molecular flexibility index (Phi) is 6.63. The molecule has 11 aromatic rings. The maximum Gasteiger partial charge on any atom is 0.0561 e. The molecule has 0 aliphatic rings. The van der Waals surface area contributed by atoms with Crippen LogP contribution in [0, 0.1) is 0 Å². The van der Waals surface area contributed by atoms with Gasteiger partial charge < -0.3 is 9.47 Å². The maximum atomic E-state index is 2.47. The van der Waals surface area contributed by atoms with Crippen LogP contribution in [0.5, 0.6) is 0 Å². The van der Waals surface area contributed by atoms with Gasteiger partial charge in [0.25, 0.3) is 0 Å². The largest absolute Gasteiger partial charge is 0.310 e. The van der Waals surface area contributed by atoms with E-state index in [0.717, 1.165) is 22.7 Å². The number of thiophene rings is 2. The molecular formula is C48H30N2S2. The van der Waals surface area contributed by atoms with E-state index in [1.54, 1.807) is 0 Å². The van der Waals surface area contributed by atoms with Crippen LogP contribution in [0.4, 0.5) is 17.1 Å². The van der Waals surface area contributed by atoms with Crippen molar-refractivity contribution in [3.63, 3.8) is 0 Å². The van der Waals surface area contributed by atoms with Crippen LogP contribution in [-0.2, 0) is 0 Å². The smallest absolute Gasteiger partial charge is 0.0561 e. The molecule has 0 amide bonds. The molecule has 0 saturated carbocycles. The second-order valence-electron chi connectivity index (χ2n) is 13.3. The fourth-order valence-electron chi connectivity index (χ4n) is 8.09. The fourth-order valence-corrected chi connectivity index (χ4v) is 10.5. The molecule has 3 heterocycles. The van der Waals surface area contributed by atoms with Gasteiger partial charge in [-0.05, 0) is 60.7 Å². The third-order valence-corrected chi connectivity index (χ3v) is 12.7. The van der Waals surface area contributed by atoms with Gasteiger partial charge in [-0.2, -0.15) is 0 Å². The van der Waals surface area contributed by atoms with Crippen LogP contribution in [-0.4, -0.2) is 4.57 Å². The summed E-state index contributed by atoms with van der Waals surface area (Å²) < 4.78 is 7.63. The number of hydrogen-bond donors (Lipinski definition) is 0. The van der Waals surface area contributed by atoms with Crippen LogP contribution >= 0.6 is 22.7 Å². The molecule has 0 fully saturated rings. The van der Waals surface area contributed by atoms with Gasteiger partial charge in [0.2, 0.25) is 0 Å². The molecule has 4 heteroatoms. The Bertz CT molecular complexity index is 3150. The molecule has 0 saturated heterocycles. The molecule has 244 valence electrons. The zero-order valence-electron chi connectivity index (χ0n) is 28.0. The molecule has 3 aromatic heterocycles. The number of hydrogen-bond acceptors (Lipinski definition) is 3. The molecule has 0 spiro atoms. The number of benzene rings is 8. The Morgan fingerprint density at radius 2 is 0.942 bits per heavy atom. The highest BCUT2D eigenvalue weighted by Gasteiger charge is 2.22. The molecule has 0 N–H and O–H groups in total. The van der Waals surface area contributed by atoms with E-state index in [1.165, 1.54) is 73.3 Å². The van der Waals surface area contributed by atoms with Crippen LogP contribution in [0.2, 0.25) is 0 Å². The highest BCUT2D eigenvalue weighted by molar-refractivity contribution is 7.26. The molecular weight excluding hydrogens is 669 g/mol. The third kappa shape index (κ3) is 4.48. The lowest BCUT2D eigenvalue weighted by Gasteiger charge is -2.28. The summed E-state index contributed by atoms with van der Waals surface area (Å²) in [5.74, 6) is 0. The summed E-state index contributed by atoms with van der Waals surface area (Å²) in [6, 6.07) is 66.7. The Morgan fingerprint density at radius 3 is 1.79 bits per heavy atom. The van der Waals surface area contributed by atoms with Crippen molar-refractivity contribution in [3.05, 3.63) is 182 Å². The van der Waals surface area contributed by atoms with Crippen LogP contribution < -0.4 is 4.90 Å². The first-order valence-corrected chi connectivity index (χ1v) is 19.2. The van der Waals surface area contributed by atoms with Gasteiger partial charge >= 0.3 is 0 Å². The van der Waals surface area contributed by atoms with E-state index in [1.807, 2.05) is 22.7 Å². The van der Waals surface area contributed by atoms with E-state index in [0.29, 0.717) is 0 Å². The molecule has 2 nitrogen and oxygen atoms in total. The summed E-state index contributed by atoms with van der Waals surface area (Å²) in [5.41, 5.74) is 9.40. The lowest BCUT2D eigenvalue weighted by Crippen LogP contribution is -2.11. The summed E-state index contributed by atoms with van der Waals surface area (Å²) in [7, 11) is 0. The minimum Gasteiger partial charge on any atom is -0.310 e. The highest BCUT2D eigenvalue weighted by Crippen LogP contribution is 2.48. The van der Waals surface area contributed by atoms with Crippen LogP contribution in [0.15, 0.2) is 182 Å². The van der Waals surface area contributed by atoms with Gasteiger partial charge in [0.05, 0.1) is 16.7 Å². The van der Waals surface area contributed by atoms with Crippen molar-refractivity contribution in [1.82, 2.24) is 4.57 Å². The summed E-state index contributed by atoms with van der Waals surface area (Å²) >= 11 is 3.75. The van der Waals surface area contributed by atoms with Gasteiger partial charge in [-0.1, -0.05) is 121 Å². The summed E-state index contributed by atoms with van der Waals surface area (Å²) in [4.78, 5) is 2.47. The summed E-state index contributed by atoms with van der Waals surface area (Å²) in [5, 5.41) is 7.72. The molecule has 0 bridgehead atoms. The van der Waals surface area contributed by atoms with Crippen molar-refractivity contribution in [2.75, 3.05) is 4.90 Å². The lowest BCUT2D eigenvalue weighted by molar-refractivity contribution is 1.18. The third-order valence-electron chi connectivity index (χ3n) is 10.4. The van der Waals surface area contributed by atoms with E-state index in [4.69, 9.17) is 0 Å². The molecule has 52 heavy (non-hydrogen) atoms. The van der Waals surface area contributed by atoms with E-state index in [9.17, 15) is 0 Å². The quantitative estimate of drug-likeness (QED) is 0.174. The van der Waals surface area contributed by atoms with E-state index in [2.05, 4.69) is 191 Å². The first-order chi connectivity index (χ1) is 25.8. The zero-order chi connectivity index (χ0) is 34.2. The predicted molar refractivity (Wildman–Crippen MR) is 227 cm³/mol.